The molecule has 2 unspecified atom stereocenters. The van der Waals surface area contributed by atoms with Gasteiger partial charge in [-0.25, -0.2) is 9.97 Å². The van der Waals surface area contributed by atoms with E-state index in [4.69, 9.17) is 4.98 Å². The molecule has 1 aliphatic rings. The predicted octanol–water partition coefficient (Wildman–Crippen LogP) is 4.46. The molecule has 1 fully saturated rings. The molecular formula is C23H26N4OS. The Balaban J connectivity index is 1.32. The lowest BCUT2D eigenvalue weighted by molar-refractivity contribution is 0.0928. The molecule has 1 saturated heterocycles. The van der Waals surface area contributed by atoms with Gasteiger partial charge in [-0.2, -0.15) is 0 Å². The molecule has 6 heteroatoms. The SMILES string of the molecule is Cc1cc2ncn(CC(O)CN3CCCC3c3nc4ccccc4s3)c2cc1C. The number of imidazole rings is 1. The third kappa shape index (κ3) is 3.56. The van der Waals surface area contributed by atoms with Crippen LogP contribution in [0, 0.1) is 13.8 Å². The van der Waals surface area contributed by atoms with E-state index in [9.17, 15) is 5.11 Å². The number of benzene rings is 2. The molecule has 29 heavy (non-hydrogen) atoms. The van der Waals surface area contributed by atoms with Crippen molar-refractivity contribution >= 4 is 32.6 Å². The fourth-order valence-corrected chi connectivity index (χ4v) is 5.51. The molecule has 2 atom stereocenters. The lowest BCUT2D eigenvalue weighted by atomic mass is 10.1. The Hall–Kier alpha value is -2.28. The third-order valence-electron chi connectivity index (χ3n) is 6.05. The Kier molecular flexibility index (Phi) is 4.86. The summed E-state index contributed by atoms with van der Waals surface area (Å²) >= 11 is 1.79. The minimum absolute atomic E-state index is 0.312. The quantitative estimate of drug-likeness (QED) is 0.532. The molecule has 0 amide bonds. The predicted molar refractivity (Wildman–Crippen MR) is 118 cm³/mol. The zero-order valence-electron chi connectivity index (χ0n) is 16.9. The van der Waals surface area contributed by atoms with Gasteiger partial charge < -0.3 is 9.67 Å². The topological polar surface area (TPSA) is 54.2 Å². The summed E-state index contributed by atoms with van der Waals surface area (Å²) in [7, 11) is 0. The summed E-state index contributed by atoms with van der Waals surface area (Å²) in [5.41, 5.74) is 5.67. The summed E-state index contributed by atoms with van der Waals surface area (Å²) in [4.78, 5) is 11.8. The van der Waals surface area contributed by atoms with Crippen LogP contribution in [0.1, 0.15) is 35.0 Å². The normalized spacial score (nSPS) is 18.8. The number of β-amino-alcohol motifs (C(OH)–C–C–N with tert-alkyl or cyclic N) is 1. The van der Waals surface area contributed by atoms with E-state index < -0.39 is 6.10 Å². The molecule has 150 valence electrons. The van der Waals surface area contributed by atoms with Gasteiger partial charge >= 0.3 is 0 Å². The Morgan fingerprint density at radius 3 is 2.83 bits per heavy atom. The second-order valence-corrected chi connectivity index (χ2v) is 9.21. The van der Waals surface area contributed by atoms with Crippen molar-refractivity contribution in [3.63, 3.8) is 0 Å². The Morgan fingerprint density at radius 2 is 1.97 bits per heavy atom. The largest absolute Gasteiger partial charge is 0.390 e. The maximum Gasteiger partial charge on any atom is 0.111 e. The molecule has 3 heterocycles. The maximum atomic E-state index is 10.9. The molecule has 0 radical (unpaired) electrons. The van der Waals surface area contributed by atoms with Crippen LogP contribution in [0.2, 0.25) is 0 Å². The van der Waals surface area contributed by atoms with Crippen LogP contribution in [0.25, 0.3) is 21.3 Å². The van der Waals surface area contributed by atoms with Crippen LogP contribution in [-0.2, 0) is 6.54 Å². The van der Waals surface area contributed by atoms with Crippen LogP contribution >= 0.6 is 11.3 Å². The van der Waals surface area contributed by atoms with Gasteiger partial charge in [0.25, 0.3) is 0 Å². The van der Waals surface area contributed by atoms with Crippen molar-refractivity contribution in [2.75, 3.05) is 13.1 Å². The number of aromatic nitrogens is 3. The molecule has 0 bridgehead atoms. The van der Waals surface area contributed by atoms with Crippen LogP contribution in [0.5, 0.6) is 0 Å². The number of para-hydroxylation sites is 1. The van der Waals surface area contributed by atoms with Gasteiger partial charge in [0.1, 0.15) is 5.01 Å². The second-order valence-electron chi connectivity index (χ2n) is 8.15. The highest BCUT2D eigenvalue weighted by molar-refractivity contribution is 7.18. The lowest BCUT2D eigenvalue weighted by Gasteiger charge is -2.25. The first-order valence-corrected chi connectivity index (χ1v) is 11.1. The van der Waals surface area contributed by atoms with E-state index in [1.165, 1.54) is 20.8 Å². The maximum absolute atomic E-state index is 10.9. The number of hydrogen-bond donors (Lipinski definition) is 1. The molecule has 2 aromatic carbocycles. The van der Waals surface area contributed by atoms with E-state index >= 15 is 0 Å². The van der Waals surface area contributed by atoms with E-state index in [0.717, 1.165) is 35.9 Å². The summed E-state index contributed by atoms with van der Waals surface area (Å²) < 4.78 is 3.32. The lowest BCUT2D eigenvalue weighted by Crippen LogP contribution is -2.34. The Bertz CT molecular complexity index is 1130. The van der Waals surface area contributed by atoms with Crippen LogP contribution in [0.3, 0.4) is 0 Å². The number of rotatable bonds is 5. The smallest absolute Gasteiger partial charge is 0.111 e. The van der Waals surface area contributed by atoms with Gasteiger partial charge in [0.05, 0.1) is 46.3 Å². The third-order valence-corrected chi connectivity index (χ3v) is 7.19. The van der Waals surface area contributed by atoms with Gasteiger partial charge in [0, 0.05) is 6.54 Å². The standard InChI is InChI=1S/C23H26N4OS/c1-15-10-19-21(11-16(15)2)27(14-24-19)13-17(28)12-26-9-5-7-20(26)23-25-18-6-3-4-8-22(18)29-23/h3-4,6,8,10-11,14,17,20,28H,5,7,9,12-13H2,1-2H3. The van der Waals surface area contributed by atoms with Crippen molar-refractivity contribution in [2.24, 2.45) is 0 Å². The van der Waals surface area contributed by atoms with Crippen LogP contribution in [0.4, 0.5) is 0 Å². The molecule has 5 rings (SSSR count). The van der Waals surface area contributed by atoms with Crippen LogP contribution in [0.15, 0.2) is 42.7 Å². The number of thiazole rings is 1. The monoisotopic (exact) mass is 406 g/mol. The average Bonchev–Trinajstić information content (AvgIpc) is 3.41. The van der Waals surface area contributed by atoms with Gasteiger partial charge in [0.2, 0.25) is 0 Å². The fourth-order valence-electron chi connectivity index (χ4n) is 4.37. The van der Waals surface area contributed by atoms with Gasteiger partial charge in [-0.3, -0.25) is 4.90 Å². The van der Waals surface area contributed by atoms with E-state index in [1.54, 1.807) is 11.3 Å². The van der Waals surface area contributed by atoms with E-state index in [-0.39, 0.29) is 0 Å². The van der Waals surface area contributed by atoms with Gasteiger partial charge in [-0.05, 0) is 68.6 Å². The van der Waals surface area contributed by atoms with Crippen molar-refractivity contribution < 1.29 is 5.11 Å². The van der Waals surface area contributed by atoms with Crippen molar-refractivity contribution in [1.29, 1.82) is 0 Å². The first-order valence-electron chi connectivity index (χ1n) is 10.3. The molecule has 0 saturated carbocycles. The molecule has 1 N–H and O–H groups in total. The van der Waals surface area contributed by atoms with Crippen LogP contribution in [-0.4, -0.2) is 43.7 Å². The summed E-state index contributed by atoms with van der Waals surface area (Å²) in [6, 6.07) is 12.9. The van der Waals surface area contributed by atoms with Crippen molar-refractivity contribution in [3.05, 3.63) is 58.9 Å². The highest BCUT2D eigenvalue weighted by Gasteiger charge is 2.30. The highest BCUT2D eigenvalue weighted by atomic mass is 32.1. The number of aryl methyl sites for hydroxylation is 2. The first kappa shape index (κ1) is 18.7. The van der Waals surface area contributed by atoms with E-state index in [2.05, 4.69) is 58.6 Å². The summed E-state index contributed by atoms with van der Waals surface area (Å²) in [5.74, 6) is 0. The minimum atomic E-state index is -0.441. The van der Waals surface area contributed by atoms with Crippen LogP contribution < -0.4 is 0 Å². The molecule has 1 aliphatic heterocycles. The van der Waals surface area contributed by atoms with E-state index in [0.29, 0.717) is 19.1 Å². The highest BCUT2D eigenvalue weighted by Crippen LogP contribution is 2.36. The van der Waals surface area contributed by atoms with Gasteiger partial charge in [-0.1, -0.05) is 12.1 Å². The van der Waals surface area contributed by atoms with Crippen molar-refractivity contribution in [3.8, 4) is 0 Å². The summed E-state index contributed by atoms with van der Waals surface area (Å²) in [5, 5.41) is 12.0. The second kappa shape index (κ2) is 7.52. The van der Waals surface area contributed by atoms with Crippen molar-refractivity contribution in [2.45, 2.75) is 45.4 Å². The Morgan fingerprint density at radius 1 is 1.14 bits per heavy atom. The molecule has 0 aliphatic carbocycles. The Labute approximate surface area is 174 Å². The molecule has 4 aromatic rings. The van der Waals surface area contributed by atoms with Gasteiger partial charge in [0.15, 0.2) is 0 Å². The number of fused-ring (bicyclic) bond motifs is 2. The number of aliphatic hydroxyl groups excluding tert-OH is 1. The number of aliphatic hydroxyl groups is 1. The average molecular weight is 407 g/mol. The van der Waals surface area contributed by atoms with E-state index in [1.807, 2.05) is 12.4 Å². The minimum Gasteiger partial charge on any atom is -0.390 e. The zero-order valence-corrected chi connectivity index (χ0v) is 17.7. The van der Waals surface area contributed by atoms with Crippen molar-refractivity contribution in [1.82, 2.24) is 19.4 Å². The number of likely N-dealkylation sites (tertiary alicyclic amines) is 1. The molecule has 5 nitrogen and oxygen atoms in total. The fraction of sp³-hybridized carbons (Fsp3) is 0.391. The first-order chi connectivity index (χ1) is 14.1. The number of nitrogens with zero attached hydrogens (tertiary/aromatic N) is 4. The zero-order chi connectivity index (χ0) is 20.0. The number of hydrogen-bond acceptors (Lipinski definition) is 5. The summed E-state index contributed by atoms with van der Waals surface area (Å²) in [6.07, 6.45) is 3.67. The molecule has 0 spiro atoms. The van der Waals surface area contributed by atoms with Gasteiger partial charge in [-0.15, -0.1) is 11.3 Å². The summed E-state index contributed by atoms with van der Waals surface area (Å²) in [6.45, 7) is 6.46. The molecule has 2 aromatic heterocycles. The molecular weight excluding hydrogens is 380 g/mol.